The summed E-state index contributed by atoms with van der Waals surface area (Å²) in [5, 5.41) is 3.42. The number of carbonyl (C=O) groups excluding carboxylic acids is 2. The van der Waals surface area contributed by atoms with Crippen LogP contribution in [0.15, 0.2) is 30.3 Å². The zero-order valence-electron chi connectivity index (χ0n) is 13.3. The predicted octanol–water partition coefficient (Wildman–Crippen LogP) is 3.13. The fraction of sp³-hybridized carbons (Fsp3) is 0.333. The summed E-state index contributed by atoms with van der Waals surface area (Å²) in [6, 6.07) is 9.35. The summed E-state index contributed by atoms with van der Waals surface area (Å²) in [6.45, 7) is 0.285. The van der Waals surface area contributed by atoms with E-state index in [1.165, 1.54) is 16.2 Å². The second-order valence-corrected chi connectivity index (χ2v) is 6.84. The average Bonchev–Trinajstić information content (AvgIpc) is 2.93. The van der Waals surface area contributed by atoms with Gasteiger partial charge in [-0.2, -0.15) is 0 Å². The normalized spacial score (nSPS) is 13.2. The number of amides is 2. The van der Waals surface area contributed by atoms with Crippen LogP contribution in [-0.4, -0.2) is 18.4 Å². The SMILES string of the molecule is NC(=O)c1c(NC(=O)CCOc2ccccc2)sc2c1CCCC2. The van der Waals surface area contributed by atoms with Crippen molar-refractivity contribution in [2.24, 2.45) is 5.73 Å². The molecule has 0 saturated heterocycles. The van der Waals surface area contributed by atoms with Crippen molar-refractivity contribution in [2.45, 2.75) is 32.1 Å². The predicted molar refractivity (Wildman–Crippen MR) is 94.7 cm³/mol. The molecule has 0 saturated carbocycles. The van der Waals surface area contributed by atoms with Gasteiger partial charge in [-0.1, -0.05) is 18.2 Å². The first-order chi connectivity index (χ1) is 11.6. The molecule has 0 atom stereocenters. The van der Waals surface area contributed by atoms with Gasteiger partial charge >= 0.3 is 0 Å². The van der Waals surface area contributed by atoms with Crippen molar-refractivity contribution in [3.63, 3.8) is 0 Å². The molecule has 0 spiro atoms. The lowest BCUT2D eigenvalue weighted by molar-refractivity contribution is -0.116. The van der Waals surface area contributed by atoms with Crippen LogP contribution in [-0.2, 0) is 17.6 Å². The van der Waals surface area contributed by atoms with Gasteiger partial charge in [-0.05, 0) is 43.4 Å². The van der Waals surface area contributed by atoms with Crippen LogP contribution >= 0.6 is 11.3 Å². The molecule has 0 unspecified atom stereocenters. The van der Waals surface area contributed by atoms with Gasteiger partial charge in [-0.15, -0.1) is 11.3 Å². The smallest absolute Gasteiger partial charge is 0.251 e. The van der Waals surface area contributed by atoms with Crippen LogP contribution in [0.2, 0.25) is 0 Å². The van der Waals surface area contributed by atoms with Crippen molar-refractivity contribution in [1.82, 2.24) is 0 Å². The lowest BCUT2D eigenvalue weighted by Crippen LogP contribution is -2.19. The minimum absolute atomic E-state index is 0.174. The second-order valence-electron chi connectivity index (χ2n) is 5.74. The van der Waals surface area contributed by atoms with Crippen LogP contribution in [0.25, 0.3) is 0 Å². The van der Waals surface area contributed by atoms with Crippen molar-refractivity contribution >= 4 is 28.2 Å². The summed E-state index contributed by atoms with van der Waals surface area (Å²) < 4.78 is 5.52. The van der Waals surface area contributed by atoms with Gasteiger partial charge < -0.3 is 15.8 Å². The molecule has 0 bridgehead atoms. The summed E-state index contributed by atoms with van der Waals surface area (Å²) in [5.74, 6) is 0.0898. The Bertz CT molecular complexity index is 740. The second kappa shape index (κ2) is 7.49. The van der Waals surface area contributed by atoms with Gasteiger partial charge in [0.05, 0.1) is 18.6 Å². The number of hydrogen-bond acceptors (Lipinski definition) is 4. The highest BCUT2D eigenvalue weighted by Crippen LogP contribution is 2.37. The Morgan fingerprint density at radius 1 is 1.17 bits per heavy atom. The number of carbonyl (C=O) groups is 2. The maximum Gasteiger partial charge on any atom is 0.251 e. The Morgan fingerprint density at radius 3 is 2.67 bits per heavy atom. The number of ether oxygens (including phenoxy) is 1. The minimum Gasteiger partial charge on any atom is -0.493 e. The number of anilines is 1. The van der Waals surface area contributed by atoms with Gasteiger partial charge in [0, 0.05) is 4.88 Å². The molecule has 2 aromatic rings. The molecule has 5 nitrogen and oxygen atoms in total. The van der Waals surface area contributed by atoms with E-state index in [2.05, 4.69) is 5.32 Å². The Kier molecular flexibility index (Phi) is 5.15. The van der Waals surface area contributed by atoms with Crippen molar-refractivity contribution < 1.29 is 14.3 Å². The summed E-state index contributed by atoms with van der Waals surface area (Å²) in [5.41, 5.74) is 7.04. The molecule has 0 fully saturated rings. The molecule has 24 heavy (non-hydrogen) atoms. The number of rotatable bonds is 6. The fourth-order valence-electron chi connectivity index (χ4n) is 2.88. The molecule has 126 valence electrons. The molecule has 0 radical (unpaired) electrons. The van der Waals surface area contributed by atoms with Gasteiger partial charge in [0.1, 0.15) is 10.8 Å². The fourth-order valence-corrected chi connectivity index (χ4v) is 4.19. The van der Waals surface area contributed by atoms with Crippen molar-refractivity contribution in [3.05, 3.63) is 46.3 Å². The van der Waals surface area contributed by atoms with Crippen LogP contribution in [0.5, 0.6) is 5.75 Å². The van der Waals surface area contributed by atoms with Crippen LogP contribution < -0.4 is 15.8 Å². The van der Waals surface area contributed by atoms with Crippen LogP contribution in [0.3, 0.4) is 0 Å². The Labute approximate surface area is 144 Å². The van der Waals surface area contributed by atoms with Crippen LogP contribution in [0.4, 0.5) is 5.00 Å². The van der Waals surface area contributed by atoms with Crippen LogP contribution in [0.1, 0.15) is 40.1 Å². The van der Waals surface area contributed by atoms with E-state index in [4.69, 9.17) is 10.5 Å². The third-order valence-electron chi connectivity index (χ3n) is 4.01. The first-order valence-electron chi connectivity index (χ1n) is 8.07. The first-order valence-corrected chi connectivity index (χ1v) is 8.89. The Morgan fingerprint density at radius 2 is 1.92 bits per heavy atom. The average molecular weight is 344 g/mol. The number of hydrogen-bond donors (Lipinski definition) is 2. The van der Waals surface area contributed by atoms with E-state index < -0.39 is 5.91 Å². The van der Waals surface area contributed by atoms with E-state index >= 15 is 0 Å². The van der Waals surface area contributed by atoms with E-state index in [1.54, 1.807) is 0 Å². The highest BCUT2D eigenvalue weighted by molar-refractivity contribution is 7.17. The zero-order valence-corrected chi connectivity index (χ0v) is 14.2. The number of thiophene rings is 1. The standard InChI is InChI=1S/C18H20N2O3S/c19-17(22)16-13-8-4-5-9-14(13)24-18(16)20-15(21)10-11-23-12-6-2-1-3-7-12/h1-3,6-7H,4-5,8-11H2,(H2,19,22)(H,20,21). The van der Waals surface area contributed by atoms with Crippen molar-refractivity contribution in [2.75, 3.05) is 11.9 Å². The molecular weight excluding hydrogens is 324 g/mol. The molecule has 2 amide bonds. The number of para-hydroxylation sites is 1. The van der Waals surface area contributed by atoms with Crippen LogP contribution in [0, 0.1) is 0 Å². The molecule has 3 rings (SSSR count). The number of aryl methyl sites for hydroxylation is 1. The summed E-state index contributed by atoms with van der Waals surface area (Å²) in [6.07, 6.45) is 4.20. The summed E-state index contributed by atoms with van der Waals surface area (Å²) in [7, 11) is 0. The van der Waals surface area contributed by atoms with Gasteiger partial charge in [0.25, 0.3) is 5.91 Å². The number of primary amides is 1. The van der Waals surface area contributed by atoms with E-state index in [0.29, 0.717) is 10.6 Å². The molecule has 1 heterocycles. The van der Waals surface area contributed by atoms with Gasteiger partial charge in [-0.3, -0.25) is 9.59 Å². The third kappa shape index (κ3) is 3.76. The Balaban J connectivity index is 1.62. The monoisotopic (exact) mass is 344 g/mol. The summed E-state index contributed by atoms with van der Waals surface area (Å²) >= 11 is 1.47. The lowest BCUT2D eigenvalue weighted by Gasteiger charge is -2.11. The van der Waals surface area contributed by atoms with Gasteiger partial charge in [0.2, 0.25) is 5.91 Å². The number of nitrogens with two attached hydrogens (primary N) is 1. The van der Waals surface area contributed by atoms with Crippen molar-refractivity contribution in [3.8, 4) is 5.75 Å². The van der Waals surface area contributed by atoms with Gasteiger partial charge in [-0.25, -0.2) is 0 Å². The molecule has 3 N–H and O–H groups in total. The molecule has 1 aliphatic carbocycles. The van der Waals surface area contributed by atoms with E-state index in [-0.39, 0.29) is 18.9 Å². The lowest BCUT2D eigenvalue weighted by atomic mass is 9.95. The zero-order chi connectivity index (χ0) is 16.9. The molecule has 6 heteroatoms. The third-order valence-corrected chi connectivity index (χ3v) is 5.22. The number of nitrogens with one attached hydrogen (secondary N) is 1. The maximum absolute atomic E-state index is 12.2. The molecule has 1 aliphatic rings. The van der Waals surface area contributed by atoms with Crippen molar-refractivity contribution in [1.29, 1.82) is 0 Å². The molecule has 0 aliphatic heterocycles. The summed E-state index contributed by atoms with van der Waals surface area (Å²) in [4.78, 5) is 25.1. The number of fused-ring (bicyclic) bond motifs is 1. The Hall–Kier alpha value is -2.34. The maximum atomic E-state index is 12.2. The molecule has 1 aromatic carbocycles. The largest absolute Gasteiger partial charge is 0.493 e. The number of benzene rings is 1. The minimum atomic E-state index is -0.467. The van der Waals surface area contributed by atoms with Gasteiger partial charge in [0.15, 0.2) is 0 Å². The quantitative estimate of drug-likeness (QED) is 0.845. The highest BCUT2D eigenvalue weighted by atomic mass is 32.1. The van der Waals surface area contributed by atoms with E-state index in [0.717, 1.165) is 37.0 Å². The molecule has 1 aromatic heterocycles. The van der Waals surface area contributed by atoms with E-state index in [9.17, 15) is 9.59 Å². The topological polar surface area (TPSA) is 81.4 Å². The highest BCUT2D eigenvalue weighted by Gasteiger charge is 2.24. The van der Waals surface area contributed by atoms with E-state index in [1.807, 2.05) is 30.3 Å². The first kappa shape index (κ1) is 16.5. The molecular formula is C18H20N2O3S.